The summed E-state index contributed by atoms with van der Waals surface area (Å²) in [6.45, 7) is 6.48. The first-order valence-corrected chi connectivity index (χ1v) is 10.3. The topological polar surface area (TPSA) is 132 Å². The lowest BCUT2D eigenvalue weighted by Crippen LogP contribution is -2.40. The quantitative estimate of drug-likeness (QED) is 0.332. The summed E-state index contributed by atoms with van der Waals surface area (Å²) >= 11 is 0. The SMILES string of the molecule is Cc1noc(C2(NC(=O)C(=O)c3c(C)c(C(=O)Nc4cnc(F)c(C)c4)c(C)n3C)CC2)n1. The highest BCUT2D eigenvalue weighted by Crippen LogP contribution is 2.44. The van der Waals surface area contributed by atoms with Gasteiger partial charge >= 0.3 is 0 Å². The lowest BCUT2D eigenvalue weighted by Gasteiger charge is -2.13. The van der Waals surface area contributed by atoms with E-state index in [9.17, 15) is 18.8 Å². The van der Waals surface area contributed by atoms with Crippen molar-refractivity contribution in [1.82, 2.24) is 25.0 Å². The van der Waals surface area contributed by atoms with E-state index in [0.29, 0.717) is 35.6 Å². The zero-order valence-electron chi connectivity index (χ0n) is 18.9. The molecule has 0 unspecified atom stereocenters. The van der Waals surface area contributed by atoms with Crippen LogP contribution in [0.1, 0.15) is 62.2 Å². The van der Waals surface area contributed by atoms with Crippen molar-refractivity contribution in [3.63, 3.8) is 0 Å². The summed E-state index contributed by atoms with van der Waals surface area (Å²) in [4.78, 5) is 46.6. The number of hydrogen-bond donors (Lipinski definition) is 2. The van der Waals surface area contributed by atoms with Crippen LogP contribution in [0.3, 0.4) is 0 Å². The highest BCUT2D eigenvalue weighted by Gasteiger charge is 2.51. The molecule has 0 saturated heterocycles. The Morgan fingerprint density at radius 3 is 2.45 bits per heavy atom. The minimum absolute atomic E-state index is 0.0982. The Morgan fingerprint density at radius 2 is 1.88 bits per heavy atom. The van der Waals surface area contributed by atoms with Crippen LogP contribution in [-0.4, -0.2) is 37.3 Å². The highest BCUT2D eigenvalue weighted by atomic mass is 19.1. The van der Waals surface area contributed by atoms with E-state index in [-0.39, 0.29) is 22.7 Å². The van der Waals surface area contributed by atoms with Gasteiger partial charge in [0, 0.05) is 18.3 Å². The van der Waals surface area contributed by atoms with Crippen LogP contribution >= 0.6 is 0 Å². The van der Waals surface area contributed by atoms with Gasteiger partial charge in [0.1, 0.15) is 5.54 Å². The number of aromatic nitrogens is 4. The number of pyridine rings is 1. The van der Waals surface area contributed by atoms with Crippen molar-refractivity contribution in [2.75, 3.05) is 5.32 Å². The maximum absolute atomic E-state index is 13.4. The van der Waals surface area contributed by atoms with E-state index in [2.05, 4.69) is 25.8 Å². The molecule has 11 heteroatoms. The lowest BCUT2D eigenvalue weighted by molar-refractivity contribution is -0.118. The van der Waals surface area contributed by atoms with E-state index in [1.165, 1.54) is 23.8 Å². The van der Waals surface area contributed by atoms with E-state index < -0.39 is 29.1 Å². The number of ketones is 1. The van der Waals surface area contributed by atoms with Gasteiger partial charge < -0.3 is 19.7 Å². The summed E-state index contributed by atoms with van der Waals surface area (Å²) in [6, 6.07) is 1.46. The average Bonchev–Trinajstić information content (AvgIpc) is 3.33. The number of hydrogen-bond acceptors (Lipinski definition) is 7. The van der Waals surface area contributed by atoms with Gasteiger partial charge in [0.15, 0.2) is 5.82 Å². The van der Waals surface area contributed by atoms with Crippen LogP contribution in [0.15, 0.2) is 16.8 Å². The number of Topliss-reactive ketones (excluding diaryl/α,β-unsaturated/α-hetero) is 1. The third-order valence-electron chi connectivity index (χ3n) is 5.89. The number of carbonyl (C=O) groups is 3. The minimum atomic E-state index is -0.838. The normalized spacial score (nSPS) is 14.1. The first-order chi connectivity index (χ1) is 15.5. The van der Waals surface area contributed by atoms with Crippen LogP contribution < -0.4 is 10.6 Å². The molecule has 2 N–H and O–H groups in total. The first-order valence-electron chi connectivity index (χ1n) is 10.3. The largest absolute Gasteiger partial charge is 0.344 e. The molecule has 3 aromatic heterocycles. The van der Waals surface area contributed by atoms with Crippen LogP contribution in [-0.2, 0) is 17.4 Å². The van der Waals surface area contributed by atoms with Crippen molar-refractivity contribution in [2.24, 2.45) is 7.05 Å². The molecule has 3 aromatic rings. The van der Waals surface area contributed by atoms with Gasteiger partial charge in [0.05, 0.1) is 23.1 Å². The molecule has 3 heterocycles. The van der Waals surface area contributed by atoms with Gasteiger partial charge in [-0.3, -0.25) is 14.4 Å². The third-order valence-corrected chi connectivity index (χ3v) is 5.89. The van der Waals surface area contributed by atoms with Crippen molar-refractivity contribution in [1.29, 1.82) is 0 Å². The van der Waals surface area contributed by atoms with Gasteiger partial charge in [-0.2, -0.15) is 9.37 Å². The van der Waals surface area contributed by atoms with Gasteiger partial charge in [-0.1, -0.05) is 5.16 Å². The van der Waals surface area contributed by atoms with Crippen molar-refractivity contribution in [2.45, 2.75) is 46.1 Å². The second kappa shape index (κ2) is 7.91. The van der Waals surface area contributed by atoms with Crippen LogP contribution in [0, 0.1) is 33.6 Å². The molecule has 0 bridgehead atoms. The van der Waals surface area contributed by atoms with Gasteiger partial charge in [0.2, 0.25) is 5.95 Å². The van der Waals surface area contributed by atoms with Crippen LogP contribution in [0.5, 0.6) is 0 Å². The fraction of sp³-hybridized carbons (Fsp3) is 0.364. The summed E-state index contributed by atoms with van der Waals surface area (Å²) in [5.41, 5.74) is 0.977. The second-order valence-electron chi connectivity index (χ2n) is 8.29. The van der Waals surface area contributed by atoms with E-state index in [1.54, 1.807) is 27.8 Å². The Labute approximate surface area is 188 Å². The highest BCUT2D eigenvalue weighted by molar-refractivity contribution is 6.43. The number of nitrogens with zero attached hydrogens (tertiary/aromatic N) is 4. The smallest absolute Gasteiger partial charge is 0.294 e. The van der Waals surface area contributed by atoms with Gasteiger partial charge in [-0.05, 0) is 52.2 Å². The Balaban J connectivity index is 1.58. The van der Waals surface area contributed by atoms with Crippen LogP contribution in [0.4, 0.5) is 10.1 Å². The second-order valence-corrected chi connectivity index (χ2v) is 8.29. The molecule has 33 heavy (non-hydrogen) atoms. The van der Waals surface area contributed by atoms with Crippen molar-refractivity contribution < 1.29 is 23.3 Å². The fourth-order valence-corrected chi connectivity index (χ4v) is 3.84. The number of rotatable bonds is 6. The van der Waals surface area contributed by atoms with E-state index in [1.807, 2.05) is 0 Å². The maximum atomic E-state index is 13.4. The maximum Gasteiger partial charge on any atom is 0.294 e. The Morgan fingerprint density at radius 1 is 1.18 bits per heavy atom. The van der Waals surface area contributed by atoms with Gasteiger partial charge in [-0.15, -0.1) is 0 Å². The number of carbonyl (C=O) groups excluding carboxylic acids is 3. The molecule has 0 spiro atoms. The molecule has 1 saturated carbocycles. The van der Waals surface area contributed by atoms with Gasteiger partial charge in [-0.25, -0.2) is 4.98 Å². The number of anilines is 1. The molecule has 4 rings (SSSR count). The summed E-state index contributed by atoms with van der Waals surface area (Å²) in [5.74, 6) is -2.01. The Kier molecular flexibility index (Phi) is 5.35. The Hall–Kier alpha value is -3.89. The molecule has 2 amide bonds. The zero-order chi connectivity index (χ0) is 24.1. The predicted molar refractivity (Wildman–Crippen MR) is 114 cm³/mol. The molecule has 10 nitrogen and oxygen atoms in total. The number of halogens is 1. The van der Waals surface area contributed by atoms with Crippen molar-refractivity contribution >= 4 is 23.3 Å². The zero-order valence-corrected chi connectivity index (χ0v) is 18.9. The van der Waals surface area contributed by atoms with E-state index in [0.717, 1.165) is 0 Å². The summed E-state index contributed by atoms with van der Waals surface area (Å²) in [7, 11) is 1.61. The standard InChI is InChI=1S/C22H23FN6O4/c1-10-8-14(9-24-18(10)23)26-19(31)15-11(2)16(29(5)12(15)3)17(30)20(32)27-22(6-7-22)21-25-13(4)28-33-21/h8-9H,6-7H2,1-5H3,(H,26,31)(H,27,32). The molecule has 0 atom stereocenters. The van der Waals surface area contributed by atoms with Crippen molar-refractivity contribution in [3.05, 3.63) is 58.0 Å². The van der Waals surface area contributed by atoms with Gasteiger partial charge in [0.25, 0.3) is 23.5 Å². The van der Waals surface area contributed by atoms with E-state index >= 15 is 0 Å². The third kappa shape index (κ3) is 3.90. The molecule has 0 aliphatic heterocycles. The molecular weight excluding hydrogens is 431 g/mol. The predicted octanol–water partition coefficient (Wildman–Crippen LogP) is 2.42. The molecule has 1 fully saturated rings. The molecule has 0 aromatic carbocycles. The number of nitrogens with one attached hydrogen (secondary N) is 2. The minimum Gasteiger partial charge on any atom is -0.344 e. The molecule has 1 aliphatic carbocycles. The first kappa shape index (κ1) is 22.3. The van der Waals surface area contributed by atoms with Crippen LogP contribution in [0.25, 0.3) is 0 Å². The monoisotopic (exact) mass is 454 g/mol. The number of amides is 2. The lowest BCUT2D eigenvalue weighted by atomic mass is 10.1. The summed E-state index contributed by atoms with van der Waals surface area (Å²) < 4.78 is 20.1. The average molecular weight is 454 g/mol. The molecular formula is C22H23FN6O4. The summed E-state index contributed by atoms with van der Waals surface area (Å²) in [5, 5.41) is 9.13. The molecule has 0 radical (unpaired) electrons. The summed E-state index contributed by atoms with van der Waals surface area (Å²) in [6.07, 6.45) is 2.37. The Bertz CT molecular complexity index is 1300. The van der Waals surface area contributed by atoms with Crippen molar-refractivity contribution in [3.8, 4) is 0 Å². The molecule has 1 aliphatic rings. The van der Waals surface area contributed by atoms with E-state index in [4.69, 9.17) is 4.52 Å². The number of aryl methyl sites for hydroxylation is 2. The molecule has 172 valence electrons. The van der Waals surface area contributed by atoms with Crippen LogP contribution in [0.2, 0.25) is 0 Å². The fourth-order valence-electron chi connectivity index (χ4n) is 3.84.